The first-order valence-electron chi connectivity index (χ1n) is 7.03. The van der Waals surface area contributed by atoms with E-state index in [1.807, 2.05) is 60.7 Å². The first-order chi connectivity index (χ1) is 10.2. The van der Waals surface area contributed by atoms with Gasteiger partial charge in [0.1, 0.15) is 6.61 Å². The van der Waals surface area contributed by atoms with Crippen LogP contribution in [0.3, 0.4) is 0 Å². The van der Waals surface area contributed by atoms with Gasteiger partial charge >= 0.3 is 0 Å². The number of rotatable bonds is 7. The average molecular weight is 280 g/mol. The van der Waals surface area contributed by atoms with E-state index in [1.54, 1.807) is 0 Å². The van der Waals surface area contributed by atoms with E-state index in [-0.39, 0.29) is 13.2 Å². The SMILES string of the molecule is C#CCOCC(O)(Cc1ccccc1)Cc1ccccc1. The monoisotopic (exact) mass is 280 g/mol. The van der Waals surface area contributed by atoms with Gasteiger partial charge in [-0.15, -0.1) is 6.42 Å². The molecule has 0 aliphatic heterocycles. The number of terminal acetylenes is 1. The molecule has 2 aromatic rings. The zero-order chi connectivity index (χ0) is 15.0. The molecule has 0 atom stereocenters. The van der Waals surface area contributed by atoms with Crippen LogP contribution in [0, 0.1) is 12.3 Å². The molecule has 0 saturated carbocycles. The quantitative estimate of drug-likeness (QED) is 0.624. The zero-order valence-corrected chi connectivity index (χ0v) is 12.0. The van der Waals surface area contributed by atoms with E-state index in [0.29, 0.717) is 12.8 Å². The van der Waals surface area contributed by atoms with Gasteiger partial charge in [-0.05, 0) is 11.1 Å². The maximum atomic E-state index is 11.0. The number of benzene rings is 2. The third kappa shape index (κ3) is 5.07. The summed E-state index contributed by atoms with van der Waals surface area (Å²) in [5.74, 6) is 2.43. The van der Waals surface area contributed by atoms with Gasteiger partial charge in [-0.3, -0.25) is 0 Å². The zero-order valence-electron chi connectivity index (χ0n) is 12.0. The van der Waals surface area contributed by atoms with Crippen LogP contribution in [0.2, 0.25) is 0 Å². The first-order valence-corrected chi connectivity index (χ1v) is 7.03. The molecule has 0 aliphatic carbocycles. The molecule has 0 spiro atoms. The minimum Gasteiger partial charge on any atom is -0.387 e. The summed E-state index contributed by atoms with van der Waals surface area (Å²) < 4.78 is 5.41. The molecule has 0 aromatic heterocycles. The predicted octanol–water partition coefficient (Wildman–Crippen LogP) is 2.85. The topological polar surface area (TPSA) is 29.5 Å². The molecule has 0 amide bonds. The lowest BCUT2D eigenvalue weighted by Gasteiger charge is -2.28. The van der Waals surface area contributed by atoms with Crippen LogP contribution in [-0.4, -0.2) is 23.9 Å². The Morgan fingerprint density at radius 1 is 0.905 bits per heavy atom. The lowest BCUT2D eigenvalue weighted by molar-refractivity contribution is -0.0378. The van der Waals surface area contributed by atoms with Crippen molar-refractivity contribution in [2.24, 2.45) is 0 Å². The molecule has 0 unspecified atom stereocenters. The van der Waals surface area contributed by atoms with Gasteiger partial charge in [0.05, 0.1) is 12.2 Å². The van der Waals surface area contributed by atoms with E-state index in [2.05, 4.69) is 5.92 Å². The Balaban J connectivity index is 2.11. The van der Waals surface area contributed by atoms with Crippen molar-refractivity contribution < 1.29 is 9.84 Å². The molecule has 2 rings (SSSR count). The highest BCUT2D eigenvalue weighted by Gasteiger charge is 2.28. The summed E-state index contributed by atoms with van der Waals surface area (Å²) in [5, 5.41) is 11.0. The maximum Gasteiger partial charge on any atom is 0.107 e. The molecule has 2 nitrogen and oxygen atoms in total. The summed E-state index contributed by atoms with van der Waals surface area (Å²) in [5.41, 5.74) is 1.21. The Hall–Kier alpha value is -2.08. The van der Waals surface area contributed by atoms with Crippen molar-refractivity contribution in [1.29, 1.82) is 0 Å². The molecule has 0 saturated heterocycles. The highest BCUT2D eigenvalue weighted by molar-refractivity contribution is 5.21. The van der Waals surface area contributed by atoms with Crippen LogP contribution >= 0.6 is 0 Å². The van der Waals surface area contributed by atoms with Crippen LogP contribution in [0.4, 0.5) is 0 Å². The smallest absolute Gasteiger partial charge is 0.107 e. The van der Waals surface area contributed by atoms with Gasteiger partial charge in [0.2, 0.25) is 0 Å². The molecule has 0 fully saturated rings. The molecular weight excluding hydrogens is 260 g/mol. The summed E-state index contributed by atoms with van der Waals surface area (Å²) in [6.45, 7) is 0.437. The molecule has 0 radical (unpaired) electrons. The summed E-state index contributed by atoms with van der Waals surface area (Å²) in [4.78, 5) is 0. The second-order valence-corrected chi connectivity index (χ2v) is 5.25. The van der Waals surface area contributed by atoms with Crippen molar-refractivity contribution in [2.75, 3.05) is 13.2 Å². The standard InChI is InChI=1S/C19H20O2/c1-2-13-21-16-19(20,14-17-9-5-3-6-10-17)15-18-11-7-4-8-12-18/h1,3-12,20H,13-16H2. The Bertz CT molecular complexity index is 528. The molecule has 2 heteroatoms. The van der Waals surface area contributed by atoms with Crippen LogP contribution in [0.25, 0.3) is 0 Å². The van der Waals surface area contributed by atoms with E-state index in [9.17, 15) is 5.11 Å². The van der Waals surface area contributed by atoms with Crippen molar-refractivity contribution in [2.45, 2.75) is 18.4 Å². The van der Waals surface area contributed by atoms with Crippen molar-refractivity contribution >= 4 is 0 Å². The van der Waals surface area contributed by atoms with Gasteiger partial charge < -0.3 is 9.84 Å². The number of hydrogen-bond donors (Lipinski definition) is 1. The highest BCUT2D eigenvalue weighted by atomic mass is 16.5. The average Bonchev–Trinajstić information content (AvgIpc) is 2.49. The van der Waals surface area contributed by atoms with Crippen LogP contribution in [0.5, 0.6) is 0 Å². The molecule has 2 aromatic carbocycles. The molecule has 0 aliphatic rings. The third-order valence-electron chi connectivity index (χ3n) is 3.31. The van der Waals surface area contributed by atoms with E-state index in [4.69, 9.17) is 11.2 Å². The highest BCUT2D eigenvalue weighted by Crippen LogP contribution is 2.20. The fraction of sp³-hybridized carbons (Fsp3) is 0.263. The fourth-order valence-corrected chi connectivity index (χ4v) is 2.42. The molecule has 21 heavy (non-hydrogen) atoms. The largest absolute Gasteiger partial charge is 0.387 e. The Morgan fingerprint density at radius 2 is 1.38 bits per heavy atom. The van der Waals surface area contributed by atoms with Crippen molar-refractivity contribution in [3.05, 3.63) is 71.8 Å². The fourth-order valence-electron chi connectivity index (χ4n) is 2.42. The van der Waals surface area contributed by atoms with Gasteiger partial charge in [0.15, 0.2) is 0 Å². The normalized spacial score (nSPS) is 11.0. The van der Waals surface area contributed by atoms with Gasteiger partial charge in [0.25, 0.3) is 0 Å². The Labute approximate surface area is 126 Å². The van der Waals surface area contributed by atoms with E-state index < -0.39 is 5.60 Å². The van der Waals surface area contributed by atoms with E-state index >= 15 is 0 Å². The molecule has 108 valence electrons. The Kier molecular flexibility index (Phi) is 5.57. The molecule has 0 heterocycles. The maximum absolute atomic E-state index is 11.0. The molecule has 0 bridgehead atoms. The summed E-state index contributed by atoms with van der Waals surface area (Å²) in [6.07, 6.45) is 6.28. The first kappa shape index (κ1) is 15.3. The second-order valence-electron chi connectivity index (χ2n) is 5.25. The van der Waals surface area contributed by atoms with Crippen molar-refractivity contribution in [3.63, 3.8) is 0 Å². The van der Waals surface area contributed by atoms with Gasteiger partial charge in [-0.25, -0.2) is 0 Å². The predicted molar refractivity (Wildman–Crippen MR) is 84.9 cm³/mol. The molecule has 1 N–H and O–H groups in total. The van der Waals surface area contributed by atoms with Crippen LogP contribution in [-0.2, 0) is 17.6 Å². The minimum atomic E-state index is -0.959. The number of hydrogen-bond acceptors (Lipinski definition) is 2. The third-order valence-corrected chi connectivity index (χ3v) is 3.31. The van der Waals surface area contributed by atoms with Crippen molar-refractivity contribution in [1.82, 2.24) is 0 Å². The van der Waals surface area contributed by atoms with Gasteiger partial charge in [-0.2, -0.15) is 0 Å². The van der Waals surface area contributed by atoms with E-state index in [0.717, 1.165) is 11.1 Å². The summed E-state index contributed by atoms with van der Waals surface area (Å²) >= 11 is 0. The minimum absolute atomic E-state index is 0.214. The summed E-state index contributed by atoms with van der Waals surface area (Å²) in [7, 11) is 0. The van der Waals surface area contributed by atoms with Crippen LogP contribution < -0.4 is 0 Å². The van der Waals surface area contributed by atoms with Gasteiger partial charge in [0, 0.05) is 12.8 Å². The molecular formula is C19H20O2. The van der Waals surface area contributed by atoms with Crippen LogP contribution in [0.15, 0.2) is 60.7 Å². The number of ether oxygens (including phenoxy) is 1. The van der Waals surface area contributed by atoms with Crippen molar-refractivity contribution in [3.8, 4) is 12.3 Å². The van der Waals surface area contributed by atoms with Gasteiger partial charge in [-0.1, -0.05) is 66.6 Å². The second kappa shape index (κ2) is 7.64. The van der Waals surface area contributed by atoms with E-state index in [1.165, 1.54) is 0 Å². The number of aliphatic hydroxyl groups is 1. The summed E-state index contributed by atoms with van der Waals surface area (Å²) in [6, 6.07) is 19.9. The Morgan fingerprint density at radius 3 is 1.81 bits per heavy atom. The lowest BCUT2D eigenvalue weighted by atomic mass is 9.88. The van der Waals surface area contributed by atoms with Crippen LogP contribution in [0.1, 0.15) is 11.1 Å². The lowest BCUT2D eigenvalue weighted by Crippen LogP contribution is -2.39.